The summed E-state index contributed by atoms with van der Waals surface area (Å²) < 4.78 is 1.87. The van der Waals surface area contributed by atoms with E-state index in [4.69, 9.17) is 0 Å². The standard InChI is InChI=1S/C12H20N4O2/c1-4-13-12(11(17)18)6-5-10(7-12)16-9(3)14-8(2)15-16/h10,13H,4-7H2,1-3H3,(H,17,18). The SMILES string of the molecule is CCNC1(C(=O)O)CCC(n2nc(C)nc2C)C1. The summed E-state index contributed by atoms with van der Waals surface area (Å²) >= 11 is 0. The van der Waals surface area contributed by atoms with E-state index in [1.165, 1.54) is 0 Å². The quantitative estimate of drug-likeness (QED) is 0.837. The van der Waals surface area contributed by atoms with Gasteiger partial charge in [0.2, 0.25) is 0 Å². The Morgan fingerprint density at radius 1 is 1.61 bits per heavy atom. The molecule has 100 valence electrons. The molecule has 1 saturated carbocycles. The zero-order valence-corrected chi connectivity index (χ0v) is 11.1. The van der Waals surface area contributed by atoms with Crippen molar-refractivity contribution in [2.75, 3.05) is 6.54 Å². The Morgan fingerprint density at radius 3 is 2.83 bits per heavy atom. The summed E-state index contributed by atoms with van der Waals surface area (Å²) in [6, 6.07) is 0.126. The number of rotatable bonds is 4. The number of carboxylic acid groups (broad SMARTS) is 1. The van der Waals surface area contributed by atoms with E-state index in [0.717, 1.165) is 18.1 Å². The zero-order chi connectivity index (χ0) is 13.3. The van der Waals surface area contributed by atoms with Gasteiger partial charge in [-0.25, -0.2) is 9.67 Å². The van der Waals surface area contributed by atoms with Crippen LogP contribution in [0.5, 0.6) is 0 Å². The molecule has 1 fully saturated rings. The van der Waals surface area contributed by atoms with Crippen LogP contribution < -0.4 is 5.32 Å². The summed E-state index contributed by atoms with van der Waals surface area (Å²) in [6.45, 7) is 6.36. The number of aryl methyl sites for hydroxylation is 2. The second kappa shape index (κ2) is 4.68. The maximum atomic E-state index is 11.5. The number of carbonyl (C=O) groups is 1. The Morgan fingerprint density at radius 2 is 2.33 bits per heavy atom. The maximum absolute atomic E-state index is 11.5. The first kappa shape index (κ1) is 13.0. The number of nitrogens with zero attached hydrogens (tertiary/aromatic N) is 3. The van der Waals surface area contributed by atoms with Crippen LogP contribution in [-0.4, -0.2) is 37.9 Å². The van der Waals surface area contributed by atoms with Gasteiger partial charge in [-0.15, -0.1) is 0 Å². The van der Waals surface area contributed by atoms with Gasteiger partial charge in [-0.2, -0.15) is 5.10 Å². The molecule has 18 heavy (non-hydrogen) atoms. The van der Waals surface area contributed by atoms with E-state index < -0.39 is 11.5 Å². The van der Waals surface area contributed by atoms with Crippen LogP contribution in [0.15, 0.2) is 0 Å². The molecule has 6 heteroatoms. The van der Waals surface area contributed by atoms with Gasteiger partial charge in [-0.3, -0.25) is 4.79 Å². The summed E-state index contributed by atoms with van der Waals surface area (Å²) in [5.74, 6) is 0.834. The molecule has 2 N–H and O–H groups in total. The molecule has 1 heterocycles. The lowest BCUT2D eigenvalue weighted by Gasteiger charge is -2.25. The van der Waals surface area contributed by atoms with Crippen molar-refractivity contribution in [2.24, 2.45) is 0 Å². The number of aromatic nitrogens is 3. The predicted octanol–water partition coefficient (Wildman–Crippen LogP) is 1.05. The molecule has 0 bridgehead atoms. The highest BCUT2D eigenvalue weighted by Crippen LogP contribution is 2.38. The van der Waals surface area contributed by atoms with Crippen LogP contribution in [0.3, 0.4) is 0 Å². The van der Waals surface area contributed by atoms with Crippen molar-refractivity contribution >= 4 is 5.97 Å². The van der Waals surface area contributed by atoms with E-state index in [1.807, 2.05) is 25.5 Å². The Bertz CT molecular complexity index is 457. The monoisotopic (exact) mass is 252 g/mol. The van der Waals surface area contributed by atoms with E-state index in [-0.39, 0.29) is 6.04 Å². The first-order valence-electron chi connectivity index (χ1n) is 6.36. The third-order valence-electron chi connectivity index (χ3n) is 3.67. The van der Waals surface area contributed by atoms with Gasteiger partial charge in [0.15, 0.2) is 0 Å². The van der Waals surface area contributed by atoms with Crippen LogP contribution in [0, 0.1) is 13.8 Å². The average molecular weight is 252 g/mol. The molecular weight excluding hydrogens is 232 g/mol. The molecule has 0 aromatic carbocycles. The largest absolute Gasteiger partial charge is 0.480 e. The Hall–Kier alpha value is -1.43. The number of aliphatic carboxylic acids is 1. The van der Waals surface area contributed by atoms with Gasteiger partial charge in [-0.1, -0.05) is 6.92 Å². The molecule has 6 nitrogen and oxygen atoms in total. The Kier molecular flexibility index (Phi) is 3.38. The molecule has 2 rings (SSSR count). The van der Waals surface area contributed by atoms with Crippen molar-refractivity contribution in [3.63, 3.8) is 0 Å². The minimum absolute atomic E-state index is 0.126. The van der Waals surface area contributed by atoms with Gasteiger partial charge in [0.1, 0.15) is 17.2 Å². The van der Waals surface area contributed by atoms with Crippen LogP contribution in [0.4, 0.5) is 0 Å². The third-order valence-corrected chi connectivity index (χ3v) is 3.67. The first-order valence-corrected chi connectivity index (χ1v) is 6.36. The molecular formula is C12H20N4O2. The van der Waals surface area contributed by atoms with Gasteiger partial charge in [-0.05, 0) is 39.7 Å². The van der Waals surface area contributed by atoms with E-state index in [9.17, 15) is 9.90 Å². The lowest BCUT2D eigenvalue weighted by Crippen LogP contribution is -2.50. The fourth-order valence-electron chi connectivity index (χ4n) is 2.88. The number of hydrogen-bond donors (Lipinski definition) is 2. The Balaban J connectivity index is 2.21. The van der Waals surface area contributed by atoms with Crippen molar-refractivity contribution in [1.82, 2.24) is 20.1 Å². The first-order chi connectivity index (χ1) is 8.48. The maximum Gasteiger partial charge on any atom is 0.323 e. The van der Waals surface area contributed by atoms with Crippen LogP contribution in [-0.2, 0) is 4.79 Å². The van der Waals surface area contributed by atoms with Gasteiger partial charge in [0, 0.05) is 0 Å². The zero-order valence-electron chi connectivity index (χ0n) is 11.1. The minimum atomic E-state index is -0.800. The van der Waals surface area contributed by atoms with E-state index >= 15 is 0 Å². The van der Waals surface area contributed by atoms with Crippen LogP contribution in [0.1, 0.15) is 43.9 Å². The highest BCUT2D eigenvalue weighted by atomic mass is 16.4. The lowest BCUT2D eigenvalue weighted by molar-refractivity contribution is -0.144. The third kappa shape index (κ3) is 2.12. The number of likely N-dealkylation sites (N-methyl/N-ethyl adjacent to an activating group) is 1. The molecule has 2 unspecified atom stereocenters. The molecule has 1 aliphatic rings. The number of nitrogens with one attached hydrogen (secondary N) is 1. The molecule has 0 saturated heterocycles. The van der Waals surface area contributed by atoms with E-state index in [0.29, 0.717) is 19.4 Å². The molecule has 1 aliphatic carbocycles. The van der Waals surface area contributed by atoms with Crippen LogP contribution >= 0.6 is 0 Å². The molecule has 0 aliphatic heterocycles. The fourth-order valence-corrected chi connectivity index (χ4v) is 2.88. The second-order valence-electron chi connectivity index (χ2n) is 4.97. The molecule has 0 spiro atoms. The number of hydrogen-bond acceptors (Lipinski definition) is 4. The Labute approximate surface area is 106 Å². The average Bonchev–Trinajstić information content (AvgIpc) is 2.84. The van der Waals surface area contributed by atoms with Gasteiger partial charge < -0.3 is 10.4 Å². The van der Waals surface area contributed by atoms with Crippen molar-refractivity contribution in [2.45, 2.75) is 51.6 Å². The van der Waals surface area contributed by atoms with Gasteiger partial charge in [0.25, 0.3) is 0 Å². The minimum Gasteiger partial charge on any atom is -0.480 e. The molecule has 1 aromatic rings. The lowest BCUT2D eigenvalue weighted by atomic mass is 9.97. The van der Waals surface area contributed by atoms with Crippen LogP contribution in [0.25, 0.3) is 0 Å². The van der Waals surface area contributed by atoms with Gasteiger partial charge in [0.05, 0.1) is 6.04 Å². The molecule has 2 atom stereocenters. The van der Waals surface area contributed by atoms with Crippen molar-refractivity contribution in [3.8, 4) is 0 Å². The van der Waals surface area contributed by atoms with Crippen LogP contribution in [0.2, 0.25) is 0 Å². The summed E-state index contributed by atoms with van der Waals surface area (Å²) in [6.07, 6.45) is 2.03. The predicted molar refractivity (Wildman–Crippen MR) is 66.4 cm³/mol. The number of carboxylic acids is 1. The molecule has 0 amide bonds. The summed E-state index contributed by atoms with van der Waals surface area (Å²) in [4.78, 5) is 15.8. The summed E-state index contributed by atoms with van der Waals surface area (Å²) in [7, 11) is 0. The topological polar surface area (TPSA) is 80.0 Å². The van der Waals surface area contributed by atoms with Gasteiger partial charge >= 0.3 is 5.97 Å². The summed E-state index contributed by atoms with van der Waals surface area (Å²) in [5.41, 5.74) is -0.800. The molecule has 1 aromatic heterocycles. The summed E-state index contributed by atoms with van der Waals surface area (Å²) in [5, 5.41) is 16.9. The van der Waals surface area contributed by atoms with Crippen molar-refractivity contribution < 1.29 is 9.90 Å². The highest BCUT2D eigenvalue weighted by molar-refractivity contribution is 5.79. The normalized spacial score (nSPS) is 27.6. The smallest absolute Gasteiger partial charge is 0.323 e. The molecule has 0 radical (unpaired) electrons. The van der Waals surface area contributed by atoms with Crippen molar-refractivity contribution in [1.29, 1.82) is 0 Å². The van der Waals surface area contributed by atoms with E-state index in [1.54, 1.807) is 0 Å². The van der Waals surface area contributed by atoms with Crippen molar-refractivity contribution in [3.05, 3.63) is 11.6 Å². The van der Waals surface area contributed by atoms with E-state index in [2.05, 4.69) is 15.4 Å². The highest BCUT2D eigenvalue weighted by Gasteiger charge is 2.46. The second-order valence-corrected chi connectivity index (χ2v) is 4.97. The fraction of sp³-hybridized carbons (Fsp3) is 0.750.